The Kier molecular flexibility index (Phi) is 4.37. The number of hydrogen-bond acceptors (Lipinski definition) is 4. The number of nitrogens with one attached hydrogen (secondary N) is 1. The number of hydrazine groups is 1. The lowest BCUT2D eigenvalue weighted by atomic mass is 9.97. The van der Waals surface area contributed by atoms with Gasteiger partial charge in [0.1, 0.15) is 5.75 Å². The number of hydrogen-bond donors (Lipinski definition) is 2. The van der Waals surface area contributed by atoms with Gasteiger partial charge >= 0.3 is 0 Å². The van der Waals surface area contributed by atoms with Crippen molar-refractivity contribution in [1.82, 2.24) is 10.4 Å². The van der Waals surface area contributed by atoms with Gasteiger partial charge in [0.05, 0.1) is 18.2 Å². The fourth-order valence-corrected chi connectivity index (χ4v) is 2.27. The highest BCUT2D eigenvalue weighted by molar-refractivity contribution is 6.31. The monoisotopic (exact) mass is 277 g/mol. The van der Waals surface area contributed by atoms with E-state index in [0.29, 0.717) is 5.02 Å². The fraction of sp³-hybridized carbons (Fsp3) is 0.214. The van der Waals surface area contributed by atoms with Gasteiger partial charge in [0.2, 0.25) is 0 Å². The Morgan fingerprint density at radius 3 is 2.74 bits per heavy atom. The van der Waals surface area contributed by atoms with Crippen molar-refractivity contribution in [1.29, 1.82) is 0 Å². The summed E-state index contributed by atoms with van der Waals surface area (Å²) in [7, 11) is 1.63. The van der Waals surface area contributed by atoms with Crippen LogP contribution in [-0.4, -0.2) is 12.1 Å². The second kappa shape index (κ2) is 6.02. The van der Waals surface area contributed by atoms with E-state index in [0.717, 1.165) is 22.4 Å². The number of nitrogens with two attached hydrogens (primary N) is 1. The number of halogens is 1. The van der Waals surface area contributed by atoms with Gasteiger partial charge in [0.25, 0.3) is 0 Å². The SMILES string of the molecule is COc1ccc(C)cc1C(NN)c1ccncc1Cl. The topological polar surface area (TPSA) is 60.2 Å². The van der Waals surface area contributed by atoms with Crippen molar-refractivity contribution < 1.29 is 4.74 Å². The van der Waals surface area contributed by atoms with Gasteiger partial charge in [0.15, 0.2) is 0 Å². The summed E-state index contributed by atoms with van der Waals surface area (Å²) >= 11 is 6.18. The molecule has 0 bridgehead atoms. The predicted octanol–water partition coefficient (Wildman–Crippen LogP) is 2.60. The maximum absolute atomic E-state index is 6.18. The summed E-state index contributed by atoms with van der Waals surface area (Å²) in [6, 6.07) is 7.54. The summed E-state index contributed by atoms with van der Waals surface area (Å²) in [5.41, 5.74) is 5.72. The Labute approximate surface area is 117 Å². The number of aromatic nitrogens is 1. The van der Waals surface area contributed by atoms with E-state index < -0.39 is 0 Å². The van der Waals surface area contributed by atoms with E-state index in [1.54, 1.807) is 19.5 Å². The van der Waals surface area contributed by atoms with Crippen LogP contribution in [0.3, 0.4) is 0 Å². The van der Waals surface area contributed by atoms with E-state index in [1.165, 1.54) is 0 Å². The van der Waals surface area contributed by atoms with Crippen LogP contribution in [0, 0.1) is 6.92 Å². The summed E-state index contributed by atoms with van der Waals surface area (Å²) in [5.74, 6) is 6.46. The van der Waals surface area contributed by atoms with E-state index in [1.807, 2.05) is 31.2 Å². The van der Waals surface area contributed by atoms with Crippen LogP contribution in [0.1, 0.15) is 22.7 Å². The number of aryl methyl sites for hydroxylation is 1. The van der Waals surface area contributed by atoms with E-state index in [-0.39, 0.29) is 6.04 Å². The molecular weight excluding hydrogens is 262 g/mol. The van der Waals surface area contributed by atoms with Crippen molar-refractivity contribution in [3.8, 4) is 5.75 Å². The van der Waals surface area contributed by atoms with Gasteiger partial charge in [-0.3, -0.25) is 10.8 Å². The Bertz CT molecular complexity index is 574. The Morgan fingerprint density at radius 1 is 1.32 bits per heavy atom. The maximum Gasteiger partial charge on any atom is 0.124 e. The number of ether oxygens (including phenoxy) is 1. The summed E-state index contributed by atoms with van der Waals surface area (Å²) in [6.45, 7) is 2.02. The average molecular weight is 278 g/mol. The molecule has 0 saturated carbocycles. The Morgan fingerprint density at radius 2 is 2.11 bits per heavy atom. The molecule has 0 amide bonds. The molecule has 1 unspecified atom stereocenters. The number of pyridine rings is 1. The quantitative estimate of drug-likeness (QED) is 0.666. The molecular formula is C14H16ClN3O. The zero-order chi connectivity index (χ0) is 13.8. The lowest BCUT2D eigenvalue weighted by Gasteiger charge is -2.20. The first-order valence-electron chi connectivity index (χ1n) is 5.87. The van der Waals surface area contributed by atoms with Crippen LogP contribution >= 0.6 is 11.6 Å². The van der Waals surface area contributed by atoms with Crippen LogP contribution in [0.2, 0.25) is 5.02 Å². The molecule has 0 aliphatic heterocycles. The first kappa shape index (κ1) is 13.8. The Hall–Kier alpha value is -1.62. The first-order valence-corrected chi connectivity index (χ1v) is 6.25. The van der Waals surface area contributed by atoms with Crippen LogP contribution in [-0.2, 0) is 0 Å². The molecule has 0 fully saturated rings. The molecule has 1 atom stereocenters. The van der Waals surface area contributed by atoms with E-state index in [4.69, 9.17) is 22.2 Å². The summed E-state index contributed by atoms with van der Waals surface area (Å²) in [6.07, 6.45) is 3.29. The third kappa shape index (κ3) is 2.87. The van der Waals surface area contributed by atoms with E-state index in [9.17, 15) is 0 Å². The van der Waals surface area contributed by atoms with Gasteiger partial charge in [-0.2, -0.15) is 0 Å². The molecule has 0 spiro atoms. The van der Waals surface area contributed by atoms with Crippen molar-refractivity contribution in [2.75, 3.05) is 7.11 Å². The second-order valence-corrected chi connectivity index (χ2v) is 4.65. The smallest absolute Gasteiger partial charge is 0.124 e. The van der Waals surface area contributed by atoms with Gasteiger partial charge in [-0.1, -0.05) is 29.3 Å². The minimum atomic E-state index is -0.245. The number of nitrogens with zero attached hydrogens (tertiary/aromatic N) is 1. The molecule has 0 radical (unpaired) electrons. The van der Waals surface area contributed by atoms with Crippen LogP contribution in [0.5, 0.6) is 5.75 Å². The minimum absolute atomic E-state index is 0.245. The van der Waals surface area contributed by atoms with Crippen molar-refractivity contribution in [3.05, 3.63) is 58.4 Å². The third-order valence-corrected chi connectivity index (χ3v) is 3.29. The zero-order valence-electron chi connectivity index (χ0n) is 10.9. The molecule has 0 saturated heterocycles. The van der Waals surface area contributed by atoms with Gasteiger partial charge in [-0.05, 0) is 24.6 Å². The molecule has 100 valence electrons. The standard InChI is InChI=1S/C14H16ClN3O/c1-9-3-4-13(19-2)11(7-9)14(18-16)10-5-6-17-8-12(10)15/h3-8,14,18H,16H2,1-2H3. The van der Waals surface area contributed by atoms with Crippen LogP contribution < -0.4 is 16.0 Å². The van der Waals surface area contributed by atoms with Crippen LogP contribution in [0.15, 0.2) is 36.7 Å². The Balaban J connectivity index is 2.54. The summed E-state index contributed by atoms with van der Waals surface area (Å²) < 4.78 is 5.39. The number of methoxy groups -OCH3 is 1. The summed E-state index contributed by atoms with van der Waals surface area (Å²) in [4.78, 5) is 3.98. The highest BCUT2D eigenvalue weighted by Gasteiger charge is 2.19. The van der Waals surface area contributed by atoms with Gasteiger partial charge in [0, 0.05) is 18.0 Å². The van der Waals surface area contributed by atoms with Crippen molar-refractivity contribution in [3.63, 3.8) is 0 Å². The normalized spacial score (nSPS) is 12.2. The van der Waals surface area contributed by atoms with E-state index >= 15 is 0 Å². The largest absolute Gasteiger partial charge is 0.496 e. The highest BCUT2D eigenvalue weighted by atomic mass is 35.5. The molecule has 3 N–H and O–H groups in total. The predicted molar refractivity (Wildman–Crippen MR) is 76.1 cm³/mol. The summed E-state index contributed by atoms with van der Waals surface area (Å²) in [5, 5.41) is 0.564. The molecule has 0 aliphatic rings. The van der Waals surface area contributed by atoms with Crippen molar-refractivity contribution in [2.45, 2.75) is 13.0 Å². The minimum Gasteiger partial charge on any atom is -0.496 e. The van der Waals surface area contributed by atoms with Crippen molar-refractivity contribution in [2.24, 2.45) is 5.84 Å². The molecule has 1 heterocycles. The molecule has 4 nitrogen and oxygen atoms in total. The zero-order valence-corrected chi connectivity index (χ0v) is 11.6. The lowest BCUT2D eigenvalue weighted by Crippen LogP contribution is -2.29. The molecule has 5 heteroatoms. The molecule has 2 aromatic rings. The highest BCUT2D eigenvalue weighted by Crippen LogP contribution is 2.33. The maximum atomic E-state index is 6.18. The van der Waals surface area contributed by atoms with Gasteiger partial charge in [-0.25, -0.2) is 5.43 Å². The van der Waals surface area contributed by atoms with Gasteiger partial charge in [-0.15, -0.1) is 0 Å². The molecule has 1 aromatic carbocycles. The average Bonchev–Trinajstić information content (AvgIpc) is 2.42. The number of benzene rings is 1. The molecule has 1 aromatic heterocycles. The fourth-order valence-electron chi connectivity index (χ4n) is 2.05. The molecule has 19 heavy (non-hydrogen) atoms. The first-order chi connectivity index (χ1) is 9.17. The van der Waals surface area contributed by atoms with Crippen molar-refractivity contribution >= 4 is 11.6 Å². The van der Waals surface area contributed by atoms with Crippen LogP contribution in [0.25, 0.3) is 0 Å². The van der Waals surface area contributed by atoms with Gasteiger partial charge < -0.3 is 4.74 Å². The molecule has 0 aliphatic carbocycles. The second-order valence-electron chi connectivity index (χ2n) is 4.24. The molecule has 2 rings (SSSR count). The van der Waals surface area contributed by atoms with E-state index in [2.05, 4.69) is 10.4 Å². The van der Waals surface area contributed by atoms with Crippen LogP contribution in [0.4, 0.5) is 0 Å². The lowest BCUT2D eigenvalue weighted by molar-refractivity contribution is 0.404. The third-order valence-electron chi connectivity index (χ3n) is 2.98. The number of rotatable bonds is 4.